The number of aliphatic hydroxyl groups excluding tert-OH is 1. The van der Waals surface area contributed by atoms with Crippen LogP contribution in [0.5, 0.6) is 0 Å². The maximum absolute atomic E-state index is 14.6. The number of allylic oxidation sites excluding steroid dienone is 2. The molecule has 0 aromatic heterocycles. The summed E-state index contributed by atoms with van der Waals surface area (Å²) in [6, 6.07) is 33.8. The molecule has 0 spiro atoms. The maximum atomic E-state index is 14.6. The van der Waals surface area contributed by atoms with Crippen molar-refractivity contribution < 1.29 is 24.5 Å². The number of nitrogens with zero attached hydrogens (tertiary/aromatic N) is 1. The highest BCUT2D eigenvalue weighted by atomic mass is 16.6. The molecule has 7 rings (SSSR count). The predicted molar refractivity (Wildman–Crippen MR) is 203 cm³/mol. The van der Waals surface area contributed by atoms with Gasteiger partial charge in [-0.1, -0.05) is 116 Å². The molecule has 4 aromatic carbocycles. The van der Waals surface area contributed by atoms with Crippen molar-refractivity contribution in [2.24, 2.45) is 5.41 Å². The van der Waals surface area contributed by atoms with Crippen LogP contribution >= 0.6 is 0 Å². The lowest BCUT2D eigenvalue weighted by Crippen LogP contribution is -2.53. The van der Waals surface area contributed by atoms with E-state index in [1.807, 2.05) is 84.9 Å². The number of amides is 1. The van der Waals surface area contributed by atoms with Crippen molar-refractivity contribution in [3.63, 3.8) is 0 Å². The fourth-order valence-corrected chi connectivity index (χ4v) is 8.32. The largest absolute Gasteiger partial charge is 0.450 e. The van der Waals surface area contributed by atoms with E-state index >= 15 is 0 Å². The number of hydrogen-bond acceptors (Lipinski definition) is 5. The Labute approximate surface area is 302 Å². The minimum atomic E-state index is -1.25. The number of hydrogen-bond donors (Lipinski definition) is 2. The molecule has 0 radical (unpaired) electrons. The lowest BCUT2D eigenvalue weighted by Gasteiger charge is -2.46. The quantitative estimate of drug-likeness (QED) is 0.143. The number of ether oxygens (including phenoxy) is 1. The topological polar surface area (TPSA) is 87.1 Å². The number of rotatable bonds is 8. The minimum Gasteiger partial charge on any atom is -0.450 e. The van der Waals surface area contributed by atoms with E-state index in [1.54, 1.807) is 11.8 Å². The van der Waals surface area contributed by atoms with Crippen molar-refractivity contribution in [1.82, 2.24) is 4.90 Å². The first kappa shape index (κ1) is 36.3. The molecule has 6 nitrogen and oxygen atoms in total. The fourth-order valence-electron chi connectivity index (χ4n) is 8.32. The van der Waals surface area contributed by atoms with Gasteiger partial charge in [-0.05, 0) is 98.6 Å². The van der Waals surface area contributed by atoms with E-state index in [-0.39, 0.29) is 24.9 Å². The SMILES string of the molecule is CCOC(=O)N(Cc1ccccc1)CC1(O)CCC2c3ccc(cc3C(=O)c3ccc(-c4ccccc4)cc3)CC(O)CCC(C)=CCCC21C. The molecule has 3 aliphatic carbocycles. The Morgan fingerprint density at radius 3 is 2.27 bits per heavy atom. The number of benzene rings is 4. The molecule has 6 heteroatoms. The smallest absolute Gasteiger partial charge is 0.410 e. The first-order valence-electron chi connectivity index (χ1n) is 18.4. The zero-order valence-electron chi connectivity index (χ0n) is 30.2. The third-order valence-electron chi connectivity index (χ3n) is 11.4. The van der Waals surface area contributed by atoms with Crippen molar-refractivity contribution in [3.8, 4) is 11.1 Å². The van der Waals surface area contributed by atoms with Crippen LogP contribution in [0, 0.1) is 5.41 Å². The molecular formula is C45H51NO5. The summed E-state index contributed by atoms with van der Waals surface area (Å²) in [6.07, 6.45) is 5.66. The zero-order valence-corrected chi connectivity index (χ0v) is 30.2. The Kier molecular flexibility index (Phi) is 11.2. The highest BCUT2D eigenvalue weighted by Gasteiger charge is 2.57. The van der Waals surface area contributed by atoms with Gasteiger partial charge < -0.3 is 19.8 Å². The molecule has 1 amide bonds. The Morgan fingerprint density at radius 1 is 0.882 bits per heavy atom. The molecule has 4 unspecified atom stereocenters. The zero-order chi connectivity index (χ0) is 36.0. The number of carbonyl (C=O) groups is 2. The first-order valence-corrected chi connectivity index (χ1v) is 18.4. The summed E-state index contributed by atoms with van der Waals surface area (Å²) >= 11 is 0. The molecule has 1 fully saturated rings. The van der Waals surface area contributed by atoms with Gasteiger partial charge in [0.05, 0.1) is 24.9 Å². The molecule has 266 valence electrons. The Balaban J connectivity index is 1.41. The number of ketones is 1. The van der Waals surface area contributed by atoms with E-state index in [1.165, 1.54) is 5.57 Å². The monoisotopic (exact) mass is 685 g/mol. The number of carbonyl (C=O) groups excluding carboxylic acids is 2. The third kappa shape index (κ3) is 8.03. The number of fused-ring (bicyclic) bond motifs is 8. The molecule has 0 aliphatic heterocycles. The van der Waals surface area contributed by atoms with Crippen molar-refractivity contribution >= 4 is 11.9 Å². The second-order valence-electron chi connectivity index (χ2n) is 14.8. The first-order chi connectivity index (χ1) is 24.6. The summed E-state index contributed by atoms with van der Waals surface area (Å²) in [5.41, 5.74) is 5.42. The molecule has 3 aliphatic rings. The van der Waals surface area contributed by atoms with Crippen LogP contribution in [0.1, 0.15) is 97.8 Å². The van der Waals surface area contributed by atoms with Crippen LogP contribution in [0.25, 0.3) is 11.1 Å². The van der Waals surface area contributed by atoms with Gasteiger partial charge in [-0.25, -0.2) is 4.79 Å². The summed E-state index contributed by atoms with van der Waals surface area (Å²) in [6.45, 7) is 6.72. The van der Waals surface area contributed by atoms with E-state index in [4.69, 9.17) is 4.74 Å². The van der Waals surface area contributed by atoms with Crippen LogP contribution in [0.2, 0.25) is 0 Å². The van der Waals surface area contributed by atoms with Gasteiger partial charge in [-0.3, -0.25) is 4.79 Å². The molecule has 1 saturated carbocycles. The Bertz CT molecular complexity index is 1840. The molecule has 0 saturated heterocycles. The van der Waals surface area contributed by atoms with Crippen molar-refractivity contribution in [2.45, 2.75) is 89.9 Å². The molecule has 2 bridgehead atoms. The van der Waals surface area contributed by atoms with E-state index < -0.39 is 23.2 Å². The average molecular weight is 686 g/mol. The van der Waals surface area contributed by atoms with Crippen molar-refractivity contribution in [2.75, 3.05) is 13.2 Å². The lowest BCUT2D eigenvalue weighted by molar-refractivity contribution is -0.0821. The Hall–Kier alpha value is -4.52. The summed E-state index contributed by atoms with van der Waals surface area (Å²) in [5, 5.41) is 23.9. The van der Waals surface area contributed by atoms with Crippen molar-refractivity contribution in [3.05, 3.63) is 143 Å². The van der Waals surface area contributed by atoms with Gasteiger partial charge >= 0.3 is 6.09 Å². The third-order valence-corrected chi connectivity index (χ3v) is 11.4. The second-order valence-corrected chi connectivity index (χ2v) is 14.8. The van der Waals surface area contributed by atoms with Gasteiger partial charge in [0, 0.05) is 23.1 Å². The van der Waals surface area contributed by atoms with Gasteiger partial charge in [-0.2, -0.15) is 0 Å². The highest BCUT2D eigenvalue weighted by molar-refractivity contribution is 6.10. The fraction of sp³-hybridized carbons (Fsp3) is 0.378. The number of aliphatic hydroxyl groups is 2. The van der Waals surface area contributed by atoms with Crippen molar-refractivity contribution in [1.29, 1.82) is 0 Å². The lowest BCUT2D eigenvalue weighted by atomic mass is 9.64. The van der Waals surface area contributed by atoms with Gasteiger partial charge in [-0.15, -0.1) is 0 Å². The molecule has 0 heterocycles. The normalized spacial score (nSPS) is 23.5. The molecule has 4 atom stereocenters. The molecular weight excluding hydrogens is 634 g/mol. The van der Waals surface area contributed by atoms with Gasteiger partial charge in [0.1, 0.15) is 0 Å². The summed E-state index contributed by atoms with van der Waals surface area (Å²) < 4.78 is 5.52. The van der Waals surface area contributed by atoms with Gasteiger partial charge in [0.25, 0.3) is 0 Å². The van der Waals surface area contributed by atoms with E-state index in [2.05, 4.69) is 38.1 Å². The maximum Gasteiger partial charge on any atom is 0.410 e. The van der Waals surface area contributed by atoms with E-state index in [9.17, 15) is 19.8 Å². The summed E-state index contributed by atoms with van der Waals surface area (Å²) in [5.74, 6) is -0.222. The summed E-state index contributed by atoms with van der Waals surface area (Å²) in [4.78, 5) is 29.6. The molecule has 4 aromatic rings. The standard InChI is InChI=1S/C45H51NO5/c1-4-51-43(49)46(30-33-13-7-5-8-14-33)31-45(50)27-25-41-39-24-18-34(28-38(47)23-17-32(2)12-11-26-44(41,45)3)29-40(39)42(48)37-21-19-36(20-22-37)35-15-9-6-10-16-35/h5-10,12-16,18-22,24,29,38,41,47,50H,4,11,17,23,25-28,30-31H2,1-3H3. The van der Waals surface area contributed by atoms with E-state index in [0.717, 1.165) is 40.7 Å². The van der Waals surface area contributed by atoms with Crippen LogP contribution in [0.3, 0.4) is 0 Å². The minimum absolute atomic E-state index is 0.0706. The molecule has 51 heavy (non-hydrogen) atoms. The summed E-state index contributed by atoms with van der Waals surface area (Å²) in [7, 11) is 0. The van der Waals surface area contributed by atoms with Gasteiger partial charge in [0.2, 0.25) is 0 Å². The molecule has 2 N–H and O–H groups in total. The average Bonchev–Trinajstić information content (AvgIpc) is 3.39. The van der Waals surface area contributed by atoms with Crippen LogP contribution < -0.4 is 0 Å². The van der Waals surface area contributed by atoms with Crippen LogP contribution in [-0.2, 0) is 17.7 Å². The van der Waals surface area contributed by atoms with Gasteiger partial charge in [0.15, 0.2) is 5.78 Å². The predicted octanol–water partition coefficient (Wildman–Crippen LogP) is 9.28. The van der Waals surface area contributed by atoms with E-state index in [0.29, 0.717) is 49.8 Å². The van der Waals surface area contributed by atoms with Crippen LogP contribution in [0.4, 0.5) is 4.79 Å². The van der Waals surface area contributed by atoms with Crippen LogP contribution in [0.15, 0.2) is 115 Å². The highest BCUT2D eigenvalue weighted by Crippen LogP contribution is 2.59. The Morgan fingerprint density at radius 2 is 1.57 bits per heavy atom. The second kappa shape index (κ2) is 15.8. The van der Waals surface area contributed by atoms with Crippen LogP contribution in [-0.4, -0.2) is 51.8 Å².